The number of cyclic esters (lactones) is 1. The van der Waals surface area contributed by atoms with Crippen molar-refractivity contribution in [3.05, 3.63) is 86.7 Å². The Bertz CT molecular complexity index is 2220. The first kappa shape index (κ1) is 38.9. The van der Waals surface area contributed by atoms with E-state index in [1.54, 1.807) is 29.7 Å². The van der Waals surface area contributed by atoms with E-state index in [-0.39, 0.29) is 55.2 Å². The van der Waals surface area contributed by atoms with Crippen LogP contribution in [0.15, 0.2) is 53.3 Å². The van der Waals surface area contributed by atoms with Crippen LogP contribution in [0, 0.1) is 5.92 Å². The lowest BCUT2D eigenvalue weighted by atomic mass is 9.86. The molecule has 0 saturated carbocycles. The van der Waals surface area contributed by atoms with Crippen molar-refractivity contribution in [2.75, 3.05) is 11.9 Å². The lowest BCUT2D eigenvalue weighted by Gasteiger charge is -2.31. The first-order valence-electron chi connectivity index (χ1n) is 18.5. The molecule has 0 bridgehead atoms. The third-order valence-corrected chi connectivity index (χ3v) is 10.4. The number of nitrogens with zero attached hydrogens (tertiary/aromatic N) is 2. The van der Waals surface area contributed by atoms with Crippen LogP contribution in [-0.4, -0.2) is 57.1 Å². The highest BCUT2D eigenvalue weighted by molar-refractivity contribution is 5.98. The van der Waals surface area contributed by atoms with Gasteiger partial charge in [0.25, 0.3) is 5.56 Å². The van der Waals surface area contributed by atoms with Crippen molar-refractivity contribution < 1.29 is 33.8 Å². The van der Waals surface area contributed by atoms with Gasteiger partial charge in [-0.2, -0.15) is 0 Å². The molecule has 0 fully saturated rings. The first-order chi connectivity index (χ1) is 26.2. The number of pyridine rings is 2. The van der Waals surface area contributed by atoms with Crippen molar-refractivity contribution >= 4 is 40.4 Å². The van der Waals surface area contributed by atoms with Crippen LogP contribution in [0.5, 0.6) is 5.75 Å². The summed E-state index contributed by atoms with van der Waals surface area (Å²) in [6, 6.07) is 12.2. The summed E-state index contributed by atoms with van der Waals surface area (Å²) in [6.07, 6.45) is 1.40. The summed E-state index contributed by atoms with van der Waals surface area (Å²) >= 11 is 0. The standard InChI is InChI=1S/C40H47N7O8/c1-5-25-26-16-24(13-14-30(26)45-34-27(25)18-47-32(34)17-29-28(37(47)50)20-55-38(51)40(29,53)6-2)54-19-22-9-11-23(12-10-22)44-35(48)31(8-7-15-43-39(42)52)46-36(49)33(41)21(3)4/h9-14,16-17,21,31,33,53H,5-8,15,18-20,41H2,1-4H3,(H,44,48)(H,46,49)(H3,42,43,52)/t31-,33-,40-/m0/s1. The van der Waals surface area contributed by atoms with E-state index in [2.05, 4.69) is 16.0 Å². The largest absolute Gasteiger partial charge is 0.489 e. The number of hydrogen-bond donors (Lipinski definition) is 6. The number of fused-ring (bicyclic) bond motifs is 5. The Morgan fingerprint density at radius 3 is 2.47 bits per heavy atom. The molecule has 0 unspecified atom stereocenters. The zero-order valence-electron chi connectivity index (χ0n) is 31.4. The molecule has 15 heteroatoms. The smallest absolute Gasteiger partial charge is 0.343 e. The summed E-state index contributed by atoms with van der Waals surface area (Å²) in [7, 11) is 0. The van der Waals surface area contributed by atoms with Gasteiger partial charge >= 0.3 is 12.0 Å². The van der Waals surface area contributed by atoms with E-state index in [0.717, 1.165) is 27.6 Å². The molecule has 4 aromatic rings. The van der Waals surface area contributed by atoms with Gasteiger partial charge in [0.2, 0.25) is 11.8 Å². The van der Waals surface area contributed by atoms with E-state index in [4.69, 9.17) is 25.9 Å². The van der Waals surface area contributed by atoms with Crippen LogP contribution < -0.4 is 37.7 Å². The molecule has 6 rings (SSSR count). The second-order valence-electron chi connectivity index (χ2n) is 14.3. The van der Waals surface area contributed by atoms with Gasteiger partial charge in [-0.3, -0.25) is 14.4 Å². The fourth-order valence-corrected chi connectivity index (χ4v) is 7.07. The highest BCUT2D eigenvalue weighted by Crippen LogP contribution is 2.40. The maximum absolute atomic E-state index is 13.7. The number of carbonyl (C=O) groups is 4. The van der Waals surface area contributed by atoms with Gasteiger partial charge in [0.15, 0.2) is 5.60 Å². The highest BCUT2D eigenvalue weighted by Gasteiger charge is 2.45. The minimum absolute atomic E-state index is 0.0689. The highest BCUT2D eigenvalue weighted by atomic mass is 16.6. The molecule has 15 nitrogen and oxygen atoms in total. The molecular weight excluding hydrogens is 706 g/mol. The topological polar surface area (TPSA) is 230 Å². The van der Waals surface area contributed by atoms with E-state index in [1.807, 2.05) is 51.1 Å². The summed E-state index contributed by atoms with van der Waals surface area (Å²) in [5.74, 6) is -1.12. The van der Waals surface area contributed by atoms with Gasteiger partial charge in [0.05, 0.1) is 35.1 Å². The monoisotopic (exact) mass is 753 g/mol. The number of ether oxygens (including phenoxy) is 2. The normalized spacial score (nSPS) is 16.7. The van der Waals surface area contributed by atoms with E-state index >= 15 is 0 Å². The van der Waals surface area contributed by atoms with Crippen LogP contribution in [0.4, 0.5) is 10.5 Å². The average Bonchev–Trinajstić information content (AvgIpc) is 3.54. The number of nitrogens with one attached hydrogen (secondary N) is 3. The Kier molecular flexibility index (Phi) is 11.2. The Balaban J connectivity index is 1.16. The fraction of sp³-hybridized carbons (Fsp3) is 0.400. The number of carbonyl (C=O) groups excluding carboxylic acids is 4. The number of aromatic nitrogens is 2. The number of anilines is 1. The number of aliphatic hydroxyl groups is 1. The van der Waals surface area contributed by atoms with Crippen molar-refractivity contribution in [3.8, 4) is 17.1 Å². The maximum Gasteiger partial charge on any atom is 0.343 e. The number of rotatable bonds is 14. The molecule has 4 heterocycles. The van der Waals surface area contributed by atoms with Crippen LogP contribution in [0.25, 0.3) is 22.3 Å². The molecule has 3 atom stereocenters. The minimum atomic E-state index is -1.90. The lowest BCUT2D eigenvalue weighted by molar-refractivity contribution is -0.172. The third-order valence-electron chi connectivity index (χ3n) is 10.4. The Morgan fingerprint density at radius 1 is 1.05 bits per heavy atom. The zero-order chi connectivity index (χ0) is 39.6. The van der Waals surface area contributed by atoms with Gasteiger partial charge in [-0.25, -0.2) is 14.6 Å². The number of esters is 1. The van der Waals surface area contributed by atoms with Crippen molar-refractivity contribution in [3.63, 3.8) is 0 Å². The van der Waals surface area contributed by atoms with E-state index in [9.17, 15) is 29.1 Å². The van der Waals surface area contributed by atoms with Crippen molar-refractivity contribution in [2.45, 2.75) is 90.8 Å². The molecule has 0 aliphatic carbocycles. The molecule has 2 aliphatic rings. The average molecular weight is 754 g/mol. The van der Waals surface area contributed by atoms with Gasteiger partial charge in [0, 0.05) is 28.7 Å². The van der Waals surface area contributed by atoms with Crippen LogP contribution in [-0.2, 0) is 50.9 Å². The molecule has 0 saturated heterocycles. The van der Waals surface area contributed by atoms with Crippen LogP contribution in [0.1, 0.15) is 74.8 Å². The summed E-state index contributed by atoms with van der Waals surface area (Å²) in [5, 5.41) is 20.2. The number of urea groups is 1. The zero-order valence-corrected chi connectivity index (χ0v) is 31.4. The SMILES string of the molecule is CCc1c2c(nc3ccc(OCc4ccc(NC(=O)[C@H](CCCNC(N)=O)NC(=O)[C@@H](N)C(C)C)cc4)cc13)-c1cc3c(c(=O)n1C2)COC(=O)[C@]3(O)CC. The number of nitrogens with two attached hydrogens (primary N) is 2. The Hall–Kier alpha value is -5.80. The van der Waals surface area contributed by atoms with Gasteiger partial charge in [-0.15, -0.1) is 0 Å². The molecule has 8 N–H and O–H groups in total. The third kappa shape index (κ3) is 7.75. The Morgan fingerprint density at radius 2 is 1.80 bits per heavy atom. The molecule has 2 aliphatic heterocycles. The van der Waals surface area contributed by atoms with Crippen LogP contribution in [0.3, 0.4) is 0 Å². The number of aryl methyl sites for hydroxylation is 1. The summed E-state index contributed by atoms with van der Waals surface area (Å²) in [6.45, 7) is 7.96. The molecular formula is C40H47N7O8. The van der Waals surface area contributed by atoms with Gasteiger partial charge in [0.1, 0.15) is 25.0 Å². The summed E-state index contributed by atoms with van der Waals surface area (Å²) in [4.78, 5) is 68.1. The molecule has 290 valence electrons. The molecule has 2 aromatic heterocycles. The summed E-state index contributed by atoms with van der Waals surface area (Å²) < 4.78 is 13.0. The maximum atomic E-state index is 13.7. The quantitative estimate of drug-likeness (QED) is 0.0717. The molecule has 0 spiro atoms. The van der Waals surface area contributed by atoms with E-state index in [0.29, 0.717) is 42.2 Å². The second kappa shape index (κ2) is 15.9. The van der Waals surface area contributed by atoms with Gasteiger partial charge in [-0.05, 0) is 79.1 Å². The number of primary amides is 1. The predicted molar refractivity (Wildman–Crippen MR) is 205 cm³/mol. The van der Waals surface area contributed by atoms with Crippen molar-refractivity contribution in [1.82, 2.24) is 20.2 Å². The van der Waals surface area contributed by atoms with Crippen molar-refractivity contribution in [1.29, 1.82) is 0 Å². The Labute approximate surface area is 317 Å². The van der Waals surface area contributed by atoms with Crippen molar-refractivity contribution in [2.24, 2.45) is 17.4 Å². The molecule has 0 radical (unpaired) electrons. The number of amides is 4. The predicted octanol–water partition coefficient (Wildman–Crippen LogP) is 3.08. The number of hydrogen-bond acceptors (Lipinski definition) is 10. The van der Waals surface area contributed by atoms with Crippen LogP contribution in [0.2, 0.25) is 0 Å². The summed E-state index contributed by atoms with van der Waals surface area (Å²) in [5.41, 5.74) is 14.7. The van der Waals surface area contributed by atoms with E-state index < -0.39 is 41.5 Å². The number of benzene rings is 2. The van der Waals surface area contributed by atoms with Crippen LogP contribution >= 0.6 is 0 Å². The van der Waals surface area contributed by atoms with Gasteiger partial charge in [-0.1, -0.05) is 39.8 Å². The molecule has 55 heavy (non-hydrogen) atoms. The molecule has 2 aromatic carbocycles. The lowest BCUT2D eigenvalue weighted by Crippen LogP contribution is -2.51. The van der Waals surface area contributed by atoms with E-state index in [1.165, 1.54) is 0 Å². The minimum Gasteiger partial charge on any atom is -0.489 e. The molecule has 4 amide bonds. The van der Waals surface area contributed by atoms with Gasteiger partial charge < -0.3 is 46.6 Å². The fourth-order valence-electron chi connectivity index (χ4n) is 7.07. The first-order valence-corrected chi connectivity index (χ1v) is 18.5. The second-order valence-corrected chi connectivity index (χ2v) is 14.3.